The number of aromatic nitrogens is 1. The molecular formula is C14H28N4O2S. The number of nitrogens with zero attached hydrogens (tertiary/aromatic N) is 3. The van der Waals surface area contributed by atoms with Crippen molar-refractivity contribution in [2.75, 3.05) is 41.3 Å². The predicted octanol–water partition coefficient (Wildman–Crippen LogP) is 0.800. The fourth-order valence-electron chi connectivity index (χ4n) is 2.20. The summed E-state index contributed by atoms with van der Waals surface area (Å²) in [5.41, 5.74) is 0.986. The Bertz CT molecular complexity index is 537. The lowest BCUT2D eigenvalue weighted by Gasteiger charge is -2.17. The minimum absolute atomic E-state index is 0.377. The zero-order valence-electron chi connectivity index (χ0n) is 13.8. The highest BCUT2D eigenvalue weighted by molar-refractivity contribution is 7.89. The molecule has 21 heavy (non-hydrogen) atoms. The molecule has 1 aromatic rings. The molecule has 1 N–H and O–H groups in total. The standard InChI is InChI=1S/C14H28N4O2S/c1-6-18-12-14(10-13(18)11-15-2)21(19,20)17(5)9-7-8-16(3)4/h10,12,15H,6-9,11H2,1-5H3. The van der Waals surface area contributed by atoms with Gasteiger partial charge in [-0.15, -0.1) is 0 Å². The van der Waals surface area contributed by atoms with Gasteiger partial charge < -0.3 is 14.8 Å². The second-order valence-electron chi connectivity index (χ2n) is 5.47. The molecule has 0 unspecified atom stereocenters. The van der Waals surface area contributed by atoms with Crippen molar-refractivity contribution < 1.29 is 8.42 Å². The molecule has 122 valence electrons. The molecule has 0 bridgehead atoms. The van der Waals surface area contributed by atoms with Crippen LogP contribution in [0.3, 0.4) is 0 Å². The van der Waals surface area contributed by atoms with Crippen molar-refractivity contribution in [2.45, 2.75) is 31.3 Å². The van der Waals surface area contributed by atoms with Gasteiger partial charge in [-0.2, -0.15) is 0 Å². The minimum atomic E-state index is -3.40. The van der Waals surface area contributed by atoms with Crippen LogP contribution in [0.15, 0.2) is 17.2 Å². The smallest absolute Gasteiger partial charge is 0.244 e. The molecule has 1 heterocycles. The molecule has 0 aliphatic carbocycles. The molecule has 0 fully saturated rings. The molecule has 0 saturated heterocycles. The van der Waals surface area contributed by atoms with Crippen LogP contribution >= 0.6 is 0 Å². The van der Waals surface area contributed by atoms with Crippen LogP contribution in [0, 0.1) is 0 Å². The summed E-state index contributed by atoms with van der Waals surface area (Å²) in [4.78, 5) is 2.43. The van der Waals surface area contributed by atoms with Gasteiger partial charge in [0.1, 0.15) is 4.90 Å². The summed E-state index contributed by atoms with van der Waals surface area (Å²) >= 11 is 0. The SMILES string of the molecule is CCn1cc(S(=O)(=O)N(C)CCCN(C)C)cc1CNC. The maximum atomic E-state index is 12.6. The topological polar surface area (TPSA) is 57.6 Å². The van der Waals surface area contributed by atoms with Gasteiger partial charge in [-0.1, -0.05) is 0 Å². The van der Waals surface area contributed by atoms with E-state index >= 15 is 0 Å². The Morgan fingerprint density at radius 2 is 1.90 bits per heavy atom. The average molecular weight is 316 g/mol. The molecule has 1 aromatic heterocycles. The largest absolute Gasteiger partial charge is 0.349 e. The summed E-state index contributed by atoms with van der Waals surface area (Å²) in [7, 11) is 4.07. The van der Waals surface area contributed by atoms with Crippen molar-refractivity contribution in [1.82, 2.24) is 19.1 Å². The lowest BCUT2D eigenvalue weighted by molar-refractivity contribution is 0.370. The Morgan fingerprint density at radius 3 is 2.43 bits per heavy atom. The van der Waals surface area contributed by atoms with E-state index in [2.05, 4.69) is 10.2 Å². The van der Waals surface area contributed by atoms with Crippen LogP contribution in [-0.4, -0.2) is 63.5 Å². The lowest BCUT2D eigenvalue weighted by atomic mass is 10.4. The first-order valence-electron chi connectivity index (χ1n) is 7.27. The number of sulfonamides is 1. The maximum absolute atomic E-state index is 12.6. The van der Waals surface area contributed by atoms with Crippen molar-refractivity contribution in [3.05, 3.63) is 18.0 Å². The predicted molar refractivity (Wildman–Crippen MR) is 85.9 cm³/mol. The van der Waals surface area contributed by atoms with Gasteiger partial charge in [-0.3, -0.25) is 0 Å². The zero-order valence-corrected chi connectivity index (χ0v) is 14.6. The van der Waals surface area contributed by atoms with Crippen LogP contribution in [0.25, 0.3) is 0 Å². The van der Waals surface area contributed by atoms with Crippen LogP contribution in [0.2, 0.25) is 0 Å². The normalized spacial score (nSPS) is 12.5. The van der Waals surface area contributed by atoms with Gasteiger partial charge >= 0.3 is 0 Å². The van der Waals surface area contributed by atoms with Crippen LogP contribution < -0.4 is 5.32 Å². The van der Waals surface area contributed by atoms with E-state index in [4.69, 9.17) is 0 Å². The van der Waals surface area contributed by atoms with Gasteiger partial charge in [-0.25, -0.2) is 12.7 Å². The van der Waals surface area contributed by atoms with Gasteiger partial charge in [0.15, 0.2) is 0 Å². The Morgan fingerprint density at radius 1 is 1.24 bits per heavy atom. The molecule has 0 spiro atoms. The Hall–Kier alpha value is -0.890. The van der Waals surface area contributed by atoms with Crippen molar-refractivity contribution in [2.24, 2.45) is 0 Å². The van der Waals surface area contributed by atoms with Gasteiger partial charge in [0.05, 0.1) is 0 Å². The van der Waals surface area contributed by atoms with Crippen molar-refractivity contribution in [3.8, 4) is 0 Å². The van der Waals surface area contributed by atoms with E-state index in [9.17, 15) is 8.42 Å². The summed E-state index contributed by atoms with van der Waals surface area (Å²) in [5, 5.41) is 3.06. The summed E-state index contributed by atoms with van der Waals surface area (Å²) in [6.07, 6.45) is 2.55. The van der Waals surface area contributed by atoms with Crippen LogP contribution in [0.4, 0.5) is 0 Å². The number of nitrogens with one attached hydrogen (secondary N) is 1. The molecule has 1 rings (SSSR count). The van der Waals surface area contributed by atoms with Crippen molar-refractivity contribution >= 4 is 10.0 Å². The molecule has 0 aromatic carbocycles. The van der Waals surface area contributed by atoms with Gasteiger partial charge in [0, 0.05) is 38.6 Å². The number of hydrogen-bond acceptors (Lipinski definition) is 4. The molecule has 6 nitrogen and oxygen atoms in total. The third-order valence-corrected chi connectivity index (χ3v) is 5.27. The number of aryl methyl sites for hydroxylation is 1. The van der Waals surface area contributed by atoms with E-state index in [1.807, 2.05) is 32.6 Å². The fourth-order valence-corrected chi connectivity index (χ4v) is 3.47. The van der Waals surface area contributed by atoms with Crippen LogP contribution in [0.5, 0.6) is 0 Å². The van der Waals surface area contributed by atoms with Gasteiger partial charge in [0.2, 0.25) is 10.0 Å². The number of rotatable bonds is 9. The molecule has 7 heteroatoms. The minimum Gasteiger partial charge on any atom is -0.349 e. The monoisotopic (exact) mass is 316 g/mol. The Balaban J connectivity index is 2.86. The number of hydrogen-bond donors (Lipinski definition) is 1. The molecule has 0 amide bonds. The zero-order chi connectivity index (χ0) is 16.0. The second kappa shape index (κ2) is 7.93. The first-order valence-corrected chi connectivity index (χ1v) is 8.71. The maximum Gasteiger partial charge on any atom is 0.244 e. The van der Waals surface area contributed by atoms with E-state index in [-0.39, 0.29) is 0 Å². The Labute approximate surface area is 128 Å². The quantitative estimate of drug-likeness (QED) is 0.732. The Kier molecular flexibility index (Phi) is 6.86. The highest BCUT2D eigenvalue weighted by Gasteiger charge is 2.23. The molecule has 0 saturated carbocycles. The molecular weight excluding hydrogens is 288 g/mol. The second-order valence-corrected chi connectivity index (χ2v) is 7.51. The van der Waals surface area contributed by atoms with E-state index in [0.717, 1.165) is 25.2 Å². The summed E-state index contributed by atoms with van der Waals surface area (Å²) < 4.78 is 28.6. The highest BCUT2D eigenvalue weighted by atomic mass is 32.2. The van der Waals surface area contributed by atoms with E-state index in [1.165, 1.54) is 4.31 Å². The lowest BCUT2D eigenvalue weighted by Crippen LogP contribution is -2.29. The fraction of sp³-hybridized carbons (Fsp3) is 0.714. The first kappa shape index (κ1) is 18.2. The van der Waals surface area contributed by atoms with Crippen LogP contribution in [0.1, 0.15) is 19.0 Å². The van der Waals surface area contributed by atoms with Crippen molar-refractivity contribution in [1.29, 1.82) is 0 Å². The third kappa shape index (κ3) is 4.81. The first-order chi connectivity index (χ1) is 9.82. The molecule has 0 radical (unpaired) electrons. The van der Waals surface area contributed by atoms with E-state index < -0.39 is 10.0 Å². The summed E-state index contributed by atoms with van der Waals surface area (Å²) in [5.74, 6) is 0. The van der Waals surface area contributed by atoms with Gasteiger partial charge in [0.25, 0.3) is 0 Å². The van der Waals surface area contributed by atoms with E-state index in [1.54, 1.807) is 19.3 Å². The van der Waals surface area contributed by atoms with Gasteiger partial charge in [-0.05, 0) is 47.1 Å². The summed E-state index contributed by atoms with van der Waals surface area (Å²) in [6.45, 7) is 4.83. The highest BCUT2D eigenvalue weighted by Crippen LogP contribution is 2.18. The van der Waals surface area contributed by atoms with Crippen LogP contribution in [-0.2, 0) is 23.1 Å². The summed E-state index contributed by atoms with van der Waals surface area (Å²) in [6, 6.07) is 1.76. The van der Waals surface area contributed by atoms with E-state index in [0.29, 0.717) is 18.0 Å². The molecule has 0 aliphatic heterocycles. The molecule has 0 atom stereocenters. The average Bonchev–Trinajstić information content (AvgIpc) is 2.82. The molecule has 0 aliphatic rings. The van der Waals surface area contributed by atoms with Crippen molar-refractivity contribution in [3.63, 3.8) is 0 Å². The third-order valence-electron chi connectivity index (χ3n) is 3.45.